The van der Waals surface area contributed by atoms with Crippen molar-refractivity contribution in [2.45, 2.75) is 174 Å². The van der Waals surface area contributed by atoms with Crippen LogP contribution in [0.5, 0.6) is 0 Å². The lowest BCUT2D eigenvalue weighted by molar-refractivity contribution is 0.517. The summed E-state index contributed by atoms with van der Waals surface area (Å²) in [4.78, 5) is 0. The summed E-state index contributed by atoms with van der Waals surface area (Å²) in [6.07, 6.45) is 41.9. The molecule has 0 fully saturated rings. The van der Waals surface area contributed by atoms with E-state index >= 15 is 0 Å². The van der Waals surface area contributed by atoms with Crippen LogP contribution < -0.4 is 0 Å². The molecule has 0 nitrogen and oxygen atoms in total. The maximum atomic E-state index is 3.92. The fourth-order valence-electron chi connectivity index (χ4n) is 4.44. The molecule has 0 aliphatic rings. The van der Waals surface area contributed by atoms with Gasteiger partial charge >= 0.3 is 0 Å². The minimum Gasteiger partial charge on any atom is -0.0888 e. The molecule has 0 saturated carbocycles. The van der Waals surface area contributed by atoms with E-state index in [1.807, 2.05) is 0 Å². The first-order valence-electron chi connectivity index (χ1n) is 14.4. The highest BCUT2D eigenvalue weighted by atomic mass is 14.0. The number of hydrogen-bond donors (Lipinski definition) is 0. The van der Waals surface area contributed by atoms with Gasteiger partial charge in [0.2, 0.25) is 0 Å². The highest BCUT2D eigenvalue weighted by Crippen LogP contribution is 2.15. The Balaban J connectivity index is 2.99. The Morgan fingerprint density at radius 3 is 0.900 bits per heavy atom. The molecule has 0 rings (SSSR count). The molecular formula is C30H59. The molecule has 0 aromatic heterocycles. The average Bonchev–Trinajstić information content (AvgIpc) is 2.76. The standard InChI is InChI=1S/C30H59/c1-3-5-7-9-11-13-15-17-19-21-23-25-27-29-30-28-26-24-22-20-18-16-14-12-10-8-6-4-2/h6,8H,1,3-5,7,9-30H2,2H3. The molecule has 0 N–H and O–H groups in total. The van der Waals surface area contributed by atoms with E-state index in [1.165, 1.54) is 161 Å². The highest BCUT2D eigenvalue weighted by Gasteiger charge is 1.96. The summed E-state index contributed by atoms with van der Waals surface area (Å²) in [5, 5.41) is 0. The third-order valence-corrected chi connectivity index (χ3v) is 6.52. The quantitative estimate of drug-likeness (QED) is 0.0965. The first-order chi connectivity index (χ1) is 14.9. The second-order valence-corrected chi connectivity index (χ2v) is 9.65. The predicted molar refractivity (Wildman–Crippen MR) is 140 cm³/mol. The van der Waals surface area contributed by atoms with Crippen LogP contribution in [0.1, 0.15) is 174 Å². The Labute approximate surface area is 193 Å². The molecule has 0 bridgehead atoms. The highest BCUT2D eigenvalue weighted by molar-refractivity contribution is 4.79. The van der Waals surface area contributed by atoms with Crippen molar-refractivity contribution in [2.24, 2.45) is 0 Å². The van der Waals surface area contributed by atoms with Crippen LogP contribution in [-0.2, 0) is 0 Å². The second-order valence-electron chi connectivity index (χ2n) is 9.65. The van der Waals surface area contributed by atoms with E-state index in [-0.39, 0.29) is 0 Å². The zero-order valence-electron chi connectivity index (χ0n) is 21.2. The first kappa shape index (κ1) is 29.7. The van der Waals surface area contributed by atoms with E-state index in [1.54, 1.807) is 0 Å². The number of rotatable bonds is 26. The van der Waals surface area contributed by atoms with Gasteiger partial charge in [0.05, 0.1) is 0 Å². The van der Waals surface area contributed by atoms with Crippen LogP contribution in [0.2, 0.25) is 0 Å². The summed E-state index contributed by atoms with van der Waals surface area (Å²) in [6.45, 7) is 6.13. The monoisotopic (exact) mass is 419 g/mol. The van der Waals surface area contributed by atoms with Crippen molar-refractivity contribution in [2.75, 3.05) is 0 Å². The summed E-state index contributed by atoms with van der Waals surface area (Å²) in [5.74, 6) is 0. The molecular weight excluding hydrogens is 360 g/mol. The second kappa shape index (κ2) is 28.7. The molecule has 0 amide bonds. The topological polar surface area (TPSA) is 0 Å². The largest absolute Gasteiger partial charge is 0.0888 e. The predicted octanol–water partition coefficient (Wildman–Crippen LogP) is 11.5. The molecule has 0 heteroatoms. The van der Waals surface area contributed by atoms with Gasteiger partial charge in [0.1, 0.15) is 0 Å². The number of hydrogen-bond acceptors (Lipinski definition) is 0. The van der Waals surface area contributed by atoms with Gasteiger partial charge < -0.3 is 0 Å². The minimum atomic E-state index is 1.12. The van der Waals surface area contributed by atoms with Gasteiger partial charge in [-0.1, -0.05) is 174 Å². The third-order valence-electron chi connectivity index (χ3n) is 6.52. The number of allylic oxidation sites excluding steroid dienone is 2. The van der Waals surface area contributed by atoms with Crippen molar-refractivity contribution in [3.63, 3.8) is 0 Å². The van der Waals surface area contributed by atoms with E-state index in [9.17, 15) is 0 Å². The fraction of sp³-hybridized carbons (Fsp3) is 0.900. The molecule has 0 aromatic rings. The smallest absolute Gasteiger partial charge is 0.0351 e. The maximum Gasteiger partial charge on any atom is -0.0351 e. The molecule has 0 aliphatic heterocycles. The average molecular weight is 420 g/mol. The van der Waals surface area contributed by atoms with E-state index in [4.69, 9.17) is 0 Å². The van der Waals surface area contributed by atoms with Crippen LogP contribution in [0.25, 0.3) is 0 Å². The lowest BCUT2D eigenvalue weighted by atomic mass is 10.0. The van der Waals surface area contributed by atoms with Gasteiger partial charge in [-0.15, -0.1) is 0 Å². The van der Waals surface area contributed by atoms with Gasteiger partial charge in [0.25, 0.3) is 0 Å². The number of unbranched alkanes of at least 4 members (excludes halogenated alkanes) is 24. The zero-order valence-corrected chi connectivity index (χ0v) is 21.2. The van der Waals surface area contributed by atoms with E-state index in [0.29, 0.717) is 0 Å². The SMILES string of the molecule is [CH2]CCCCCCCCCCCCCCCCCCCCCCCCCC=CCC. The lowest BCUT2D eigenvalue weighted by Crippen LogP contribution is -1.84. The molecule has 1 radical (unpaired) electrons. The molecule has 0 unspecified atom stereocenters. The van der Waals surface area contributed by atoms with Crippen LogP contribution in [0.15, 0.2) is 12.2 Å². The van der Waals surface area contributed by atoms with Crippen molar-refractivity contribution in [1.82, 2.24) is 0 Å². The van der Waals surface area contributed by atoms with E-state index < -0.39 is 0 Å². The summed E-state index contributed by atoms with van der Waals surface area (Å²) in [5.41, 5.74) is 0. The van der Waals surface area contributed by atoms with Crippen molar-refractivity contribution in [3.05, 3.63) is 19.1 Å². The normalized spacial score (nSPS) is 11.7. The Bertz CT molecular complexity index is 303. The Kier molecular flexibility index (Phi) is 28.5. The van der Waals surface area contributed by atoms with Gasteiger partial charge in [-0.05, 0) is 19.3 Å². The van der Waals surface area contributed by atoms with E-state index in [0.717, 1.165) is 6.42 Å². The summed E-state index contributed by atoms with van der Waals surface area (Å²) >= 11 is 0. The van der Waals surface area contributed by atoms with Crippen LogP contribution in [0.3, 0.4) is 0 Å². The summed E-state index contributed by atoms with van der Waals surface area (Å²) < 4.78 is 0. The van der Waals surface area contributed by atoms with Crippen LogP contribution in [0, 0.1) is 6.92 Å². The van der Waals surface area contributed by atoms with Crippen LogP contribution in [0.4, 0.5) is 0 Å². The van der Waals surface area contributed by atoms with Gasteiger partial charge in [0.15, 0.2) is 0 Å². The van der Waals surface area contributed by atoms with Gasteiger partial charge in [-0.3, -0.25) is 0 Å². The summed E-state index contributed by atoms with van der Waals surface area (Å²) in [6, 6.07) is 0. The van der Waals surface area contributed by atoms with E-state index in [2.05, 4.69) is 26.0 Å². The molecule has 0 atom stereocenters. The van der Waals surface area contributed by atoms with Crippen molar-refractivity contribution >= 4 is 0 Å². The lowest BCUT2D eigenvalue weighted by Gasteiger charge is -2.04. The van der Waals surface area contributed by atoms with Crippen molar-refractivity contribution in [3.8, 4) is 0 Å². The molecule has 0 spiro atoms. The Morgan fingerprint density at radius 1 is 0.367 bits per heavy atom. The van der Waals surface area contributed by atoms with Gasteiger partial charge in [-0.2, -0.15) is 0 Å². The molecule has 0 saturated heterocycles. The fourth-order valence-corrected chi connectivity index (χ4v) is 4.44. The summed E-state index contributed by atoms with van der Waals surface area (Å²) in [7, 11) is 0. The molecule has 179 valence electrons. The molecule has 0 heterocycles. The molecule has 0 aliphatic carbocycles. The Hall–Kier alpha value is -0.260. The maximum absolute atomic E-state index is 3.92. The van der Waals surface area contributed by atoms with Crippen molar-refractivity contribution < 1.29 is 0 Å². The molecule has 0 aromatic carbocycles. The van der Waals surface area contributed by atoms with Crippen LogP contribution >= 0.6 is 0 Å². The van der Waals surface area contributed by atoms with Gasteiger partial charge in [-0.25, -0.2) is 0 Å². The van der Waals surface area contributed by atoms with Crippen molar-refractivity contribution in [1.29, 1.82) is 0 Å². The first-order valence-corrected chi connectivity index (χ1v) is 14.4. The minimum absolute atomic E-state index is 1.12. The Morgan fingerprint density at radius 2 is 0.633 bits per heavy atom. The molecule has 30 heavy (non-hydrogen) atoms. The van der Waals surface area contributed by atoms with Crippen LogP contribution in [-0.4, -0.2) is 0 Å². The zero-order chi connectivity index (χ0) is 21.8. The van der Waals surface area contributed by atoms with Gasteiger partial charge in [0, 0.05) is 0 Å². The third kappa shape index (κ3) is 27.7.